The largest absolute Gasteiger partial charge is 0.357 e. The highest BCUT2D eigenvalue weighted by Gasteiger charge is 2.31. The molecule has 0 radical (unpaired) electrons. The summed E-state index contributed by atoms with van der Waals surface area (Å²) in [5.41, 5.74) is 0.0691. The fraction of sp³-hybridized carbons (Fsp3) is 0.615. The van der Waals surface area contributed by atoms with Gasteiger partial charge in [-0.25, -0.2) is 0 Å². The van der Waals surface area contributed by atoms with Crippen LogP contribution in [0.2, 0.25) is 0 Å². The van der Waals surface area contributed by atoms with Gasteiger partial charge in [0, 0.05) is 19.2 Å². The molecule has 1 atom stereocenters. The van der Waals surface area contributed by atoms with Crippen LogP contribution in [-0.2, 0) is 0 Å². The molecule has 0 aliphatic carbocycles. The van der Waals surface area contributed by atoms with Crippen molar-refractivity contribution in [3.8, 4) is 0 Å². The number of nitrogens with zero attached hydrogens (tertiary/aromatic N) is 2. The summed E-state index contributed by atoms with van der Waals surface area (Å²) < 4.78 is 0. The van der Waals surface area contributed by atoms with E-state index in [1.165, 1.54) is 24.3 Å². The Kier molecular flexibility index (Phi) is 3.89. The zero-order valence-electron chi connectivity index (χ0n) is 11.4. The summed E-state index contributed by atoms with van der Waals surface area (Å²) in [5, 5.41) is 11.7. The van der Waals surface area contributed by atoms with Crippen molar-refractivity contribution in [3.05, 3.63) is 21.1 Å². The summed E-state index contributed by atoms with van der Waals surface area (Å²) in [7, 11) is 0. The standard InChI is InChI=1S/C13H18N2O3S/c1-8(2)10-4-5-14(7-10)13-11(15(17)18)6-12(19-13)9(3)16/h6,8,10H,4-5,7H2,1-3H3. The molecule has 1 fully saturated rings. The molecule has 0 bridgehead atoms. The van der Waals surface area contributed by atoms with Gasteiger partial charge in [0.1, 0.15) is 0 Å². The van der Waals surface area contributed by atoms with Crippen LogP contribution < -0.4 is 4.90 Å². The Labute approximate surface area is 116 Å². The van der Waals surface area contributed by atoms with Crippen molar-refractivity contribution in [1.82, 2.24) is 0 Å². The summed E-state index contributed by atoms with van der Waals surface area (Å²) in [6.07, 6.45) is 1.06. The molecule has 1 aliphatic rings. The van der Waals surface area contributed by atoms with Crippen LogP contribution in [0.5, 0.6) is 0 Å². The number of anilines is 1. The Morgan fingerprint density at radius 1 is 1.58 bits per heavy atom. The van der Waals surface area contributed by atoms with Gasteiger partial charge in [0.15, 0.2) is 10.8 Å². The van der Waals surface area contributed by atoms with Crippen LogP contribution in [-0.4, -0.2) is 23.8 Å². The van der Waals surface area contributed by atoms with Gasteiger partial charge in [-0.1, -0.05) is 13.8 Å². The minimum Gasteiger partial charge on any atom is -0.357 e. The molecule has 0 aromatic carbocycles. The van der Waals surface area contributed by atoms with Crippen molar-refractivity contribution in [2.24, 2.45) is 11.8 Å². The van der Waals surface area contributed by atoms with Crippen molar-refractivity contribution in [2.75, 3.05) is 18.0 Å². The maximum absolute atomic E-state index is 11.4. The molecule has 2 heterocycles. The average Bonchev–Trinajstić information content (AvgIpc) is 2.95. The lowest BCUT2D eigenvalue weighted by Gasteiger charge is -2.17. The first-order valence-corrected chi connectivity index (χ1v) is 7.26. The maximum Gasteiger partial charge on any atom is 0.304 e. The molecule has 104 valence electrons. The minimum atomic E-state index is -0.388. The van der Waals surface area contributed by atoms with Crippen LogP contribution in [0.1, 0.15) is 36.9 Å². The molecule has 1 aromatic heterocycles. The fourth-order valence-electron chi connectivity index (χ4n) is 2.42. The van der Waals surface area contributed by atoms with Crippen molar-refractivity contribution in [3.63, 3.8) is 0 Å². The monoisotopic (exact) mass is 282 g/mol. The number of ketones is 1. The molecular weight excluding hydrogens is 264 g/mol. The zero-order chi connectivity index (χ0) is 14.2. The quantitative estimate of drug-likeness (QED) is 0.482. The van der Waals surface area contributed by atoms with Crippen LogP contribution in [0.3, 0.4) is 0 Å². The third-order valence-electron chi connectivity index (χ3n) is 3.69. The lowest BCUT2D eigenvalue weighted by atomic mass is 9.95. The van der Waals surface area contributed by atoms with E-state index < -0.39 is 0 Å². The van der Waals surface area contributed by atoms with Gasteiger partial charge >= 0.3 is 5.69 Å². The molecule has 19 heavy (non-hydrogen) atoms. The SMILES string of the molecule is CC(=O)c1cc([N+](=O)[O-])c(N2CCC(C(C)C)C2)s1. The van der Waals surface area contributed by atoms with E-state index in [0.717, 1.165) is 19.5 Å². The van der Waals surface area contributed by atoms with Crippen molar-refractivity contribution >= 4 is 27.8 Å². The first-order valence-electron chi connectivity index (χ1n) is 6.44. The first kappa shape index (κ1) is 14.0. The second kappa shape index (κ2) is 5.28. The highest BCUT2D eigenvalue weighted by Crippen LogP contribution is 2.41. The molecule has 1 aromatic rings. The van der Waals surface area contributed by atoms with Crippen molar-refractivity contribution in [1.29, 1.82) is 0 Å². The number of thiophene rings is 1. The lowest BCUT2D eigenvalue weighted by Crippen LogP contribution is -2.20. The number of nitro groups is 1. The van der Waals surface area contributed by atoms with Gasteiger partial charge in [0.25, 0.3) is 0 Å². The number of hydrogen-bond acceptors (Lipinski definition) is 5. The number of carbonyl (C=O) groups excluding carboxylic acids is 1. The normalized spacial score (nSPS) is 19.2. The van der Waals surface area contributed by atoms with Gasteiger partial charge in [0.2, 0.25) is 0 Å². The maximum atomic E-state index is 11.4. The van der Waals surface area contributed by atoms with Crippen molar-refractivity contribution in [2.45, 2.75) is 27.2 Å². The summed E-state index contributed by atoms with van der Waals surface area (Å²) >= 11 is 1.24. The molecule has 2 rings (SSSR count). The van der Waals surface area contributed by atoms with Crippen LogP contribution in [0.25, 0.3) is 0 Å². The third-order valence-corrected chi connectivity index (χ3v) is 4.98. The Hall–Kier alpha value is -1.43. The summed E-state index contributed by atoms with van der Waals surface area (Å²) in [5.74, 6) is 1.04. The van der Waals surface area contributed by atoms with Gasteiger partial charge in [0.05, 0.1) is 9.80 Å². The topological polar surface area (TPSA) is 63.4 Å². The molecule has 0 amide bonds. The van der Waals surface area contributed by atoms with Gasteiger partial charge < -0.3 is 4.90 Å². The predicted octanol–water partition coefficient (Wildman–Crippen LogP) is 3.34. The Balaban J connectivity index is 2.29. The van der Waals surface area contributed by atoms with Crippen LogP contribution in [0, 0.1) is 22.0 Å². The van der Waals surface area contributed by atoms with Crippen LogP contribution in [0.15, 0.2) is 6.07 Å². The highest BCUT2D eigenvalue weighted by molar-refractivity contribution is 7.18. The summed E-state index contributed by atoms with van der Waals surface area (Å²) in [4.78, 5) is 24.6. The molecule has 5 nitrogen and oxygen atoms in total. The number of rotatable bonds is 4. The molecule has 1 unspecified atom stereocenters. The number of carbonyl (C=O) groups is 1. The zero-order valence-corrected chi connectivity index (χ0v) is 12.2. The van der Waals surface area contributed by atoms with E-state index in [9.17, 15) is 14.9 Å². The fourth-order valence-corrected chi connectivity index (χ4v) is 3.47. The highest BCUT2D eigenvalue weighted by atomic mass is 32.1. The minimum absolute atomic E-state index is 0.0691. The van der Waals surface area contributed by atoms with Gasteiger partial charge in [-0.15, -0.1) is 11.3 Å². The van der Waals surface area contributed by atoms with Crippen LogP contribution >= 0.6 is 11.3 Å². The smallest absolute Gasteiger partial charge is 0.304 e. The molecule has 6 heteroatoms. The van der Waals surface area contributed by atoms with Gasteiger partial charge in [-0.2, -0.15) is 0 Å². The molecular formula is C13H18N2O3S. The van der Waals surface area contributed by atoms with Crippen molar-refractivity contribution < 1.29 is 9.72 Å². The molecule has 1 saturated heterocycles. The Morgan fingerprint density at radius 2 is 2.26 bits per heavy atom. The van der Waals surface area contributed by atoms with E-state index in [1.807, 2.05) is 0 Å². The van der Waals surface area contributed by atoms with E-state index in [2.05, 4.69) is 18.7 Å². The second-order valence-electron chi connectivity index (χ2n) is 5.35. The Bertz CT molecular complexity index is 510. The van der Waals surface area contributed by atoms with E-state index in [1.54, 1.807) is 0 Å². The summed E-state index contributed by atoms with van der Waals surface area (Å²) in [6, 6.07) is 1.41. The van der Waals surface area contributed by atoms with E-state index in [0.29, 0.717) is 21.7 Å². The van der Waals surface area contributed by atoms with Gasteiger partial charge in [-0.05, 0) is 25.2 Å². The van der Waals surface area contributed by atoms with E-state index in [-0.39, 0.29) is 16.4 Å². The lowest BCUT2D eigenvalue weighted by molar-refractivity contribution is -0.383. The first-order chi connectivity index (χ1) is 8.90. The second-order valence-corrected chi connectivity index (χ2v) is 6.38. The average molecular weight is 282 g/mol. The third kappa shape index (κ3) is 2.78. The molecule has 0 spiro atoms. The molecule has 1 aliphatic heterocycles. The van der Waals surface area contributed by atoms with Crippen LogP contribution in [0.4, 0.5) is 10.7 Å². The molecule has 0 N–H and O–H groups in total. The number of Topliss-reactive ketones (excluding diaryl/α,β-unsaturated/α-hetero) is 1. The Morgan fingerprint density at radius 3 is 2.74 bits per heavy atom. The molecule has 0 saturated carbocycles. The van der Waals surface area contributed by atoms with Gasteiger partial charge in [-0.3, -0.25) is 14.9 Å². The van der Waals surface area contributed by atoms with E-state index in [4.69, 9.17) is 0 Å². The predicted molar refractivity (Wildman–Crippen MR) is 76.1 cm³/mol. The van der Waals surface area contributed by atoms with E-state index >= 15 is 0 Å². The number of hydrogen-bond donors (Lipinski definition) is 0. The summed E-state index contributed by atoms with van der Waals surface area (Å²) in [6.45, 7) is 7.48.